The molecule has 1 heterocycles. The highest BCUT2D eigenvalue weighted by molar-refractivity contribution is 7.90. The van der Waals surface area contributed by atoms with E-state index in [4.69, 9.17) is 9.47 Å². The SMILES string of the molecule is COc1cccc(NS(=O)(=O)N2CCOCC2)c1. The summed E-state index contributed by atoms with van der Waals surface area (Å²) in [5.74, 6) is 0.608. The van der Waals surface area contributed by atoms with Gasteiger partial charge in [-0.25, -0.2) is 0 Å². The predicted octanol–water partition coefficient (Wildman–Crippen LogP) is 0.684. The Balaban J connectivity index is 2.11. The van der Waals surface area contributed by atoms with Crippen molar-refractivity contribution in [3.63, 3.8) is 0 Å². The largest absolute Gasteiger partial charge is 0.497 e. The van der Waals surface area contributed by atoms with Crippen molar-refractivity contribution in [3.8, 4) is 5.75 Å². The van der Waals surface area contributed by atoms with Crippen molar-refractivity contribution in [2.24, 2.45) is 0 Å². The van der Waals surface area contributed by atoms with E-state index in [0.29, 0.717) is 37.7 Å². The number of nitrogens with one attached hydrogen (secondary N) is 1. The van der Waals surface area contributed by atoms with E-state index in [2.05, 4.69) is 4.72 Å². The molecule has 2 rings (SSSR count). The van der Waals surface area contributed by atoms with Crippen LogP contribution in [0.5, 0.6) is 5.75 Å². The fourth-order valence-corrected chi connectivity index (χ4v) is 2.87. The van der Waals surface area contributed by atoms with Gasteiger partial charge in [0.15, 0.2) is 0 Å². The lowest BCUT2D eigenvalue weighted by Gasteiger charge is -2.26. The van der Waals surface area contributed by atoms with Gasteiger partial charge in [-0.1, -0.05) is 6.07 Å². The van der Waals surface area contributed by atoms with Gasteiger partial charge in [0.2, 0.25) is 0 Å². The lowest BCUT2D eigenvalue weighted by atomic mass is 10.3. The van der Waals surface area contributed by atoms with E-state index in [9.17, 15) is 8.42 Å². The lowest BCUT2D eigenvalue weighted by molar-refractivity contribution is 0.0733. The molecule has 0 saturated carbocycles. The molecule has 0 aliphatic carbocycles. The third-order valence-electron chi connectivity index (χ3n) is 2.63. The summed E-state index contributed by atoms with van der Waals surface area (Å²) in [7, 11) is -1.98. The average molecular weight is 272 g/mol. The van der Waals surface area contributed by atoms with Crippen LogP contribution in [0.2, 0.25) is 0 Å². The van der Waals surface area contributed by atoms with Crippen molar-refractivity contribution < 1.29 is 17.9 Å². The highest BCUT2D eigenvalue weighted by Crippen LogP contribution is 2.19. The van der Waals surface area contributed by atoms with E-state index in [1.165, 1.54) is 11.4 Å². The lowest BCUT2D eigenvalue weighted by Crippen LogP contribution is -2.43. The number of morpholine rings is 1. The summed E-state index contributed by atoms with van der Waals surface area (Å²) in [6.07, 6.45) is 0. The van der Waals surface area contributed by atoms with Crippen LogP contribution in [0.15, 0.2) is 24.3 Å². The molecule has 0 bridgehead atoms. The molecule has 1 aliphatic rings. The van der Waals surface area contributed by atoms with Crippen LogP contribution >= 0.6 is 0 Å². The molecule has 7 heteroatoms. The van der Waals surface area contributed by atoms with Crippen molar-refractivity contribution in [1.82, 2.24) is 4.31 Å². The summed E-state index contributed by atoms with van der Waals surface area (Å²) in [4.78, 5) is 0. The summed E-state index contributed by atoms with van der Waals surface area (Å²) in [6, 6.07) is 6.81. The standard InChI is InChI=1S/C11H16N2O4S/c1-16-11-4-2-3-10(9-11)12-18(14,15)13-5-7-17-8-6-13/h2-4,9,12H,5-8H2,1H3. The van der Waals surface area contributed by atoms with Gasteiger partial charge in [0, 0.05) is 19.2 Å². The Kier molecular flexibility index (Phi) is 4.05. The maximum Gasteiger partial charge on any atom is 0.301 e. The van der Waals surface area contributed by atoms with Crippen LogP contribution in [0.3, 0.4) is 0 Å². The zero-order valence-electron chi connectivity index (χ0n) is 10.1. The molecule has 6 nitrogen and oxygen atoms in total. The molecule has 0 atom stereocenters. The predicted molar refractivity (Wildman–Crippen MR) is 67.9 cm³/mol. The molecule has 0 amide bonds. The van der Waals surface area contributed by atoms with Crippen LogP contribution in [0.25, 0.3) is 0 Å². The minimum atomic E-state index is -3.51. The van der Waals surface area contributed by atoms with E-state index in [-0.39, 0.29) is 0 Å². The molecule has 1 aromatic rings. The molecule has 0 spiro atoms. The van der Waals surface area contributed by atoms with Gasteiger partial charge in [0.05, 0.1) is 26.0 Å². The minimum Gasteiger partial charge on any atom is -0.497 e. The highest BCUT2D eigenvalue weighted by Gasteiger charge is 2.24. The molecule has 18 heavy (non-hydrogen) atoms. The number of rotatable bonds is 4. The van der Waals surface area contributed by atoms with E-state index < -0.39 is 10.2 Å². The number of nitrogens with zero attached hydrogens (tertiary/aromatic N) is 1. The number of ether oxygens (including phenoxy) is 2. The van der Waals surface area contributed by atoms with Crippen molar-refractivity contribution in [2.45, 2.75) is 0 Å². The normalized spacial score (nSPS) is 17.4. The van der Waals surface area contributed by atoms with Gasteiger partial charge < -0.3 is 9.47 Å². The summed E-state index contributed by atoms with van der Waals surface area (Å²) in [6.45, 7) is 1.61. The molecule has 1 N–H and O–H groups in total. The summed E-state index contributed by atoms with van der Waals surface area (Å²) < 4.78 is 38.2. The molecule has 0 radical (unpaired) electrons. The fraction of sp³-hybridized carbons (Fsp3) is 0.455. The summed E-state index contributed by atoms with van der Waals surface area (Å²) in [5, 5.41) is 0. The third-order valence-corrected chi connectivity index (χ3v) is 4.17. The van der Waals surface area contributed by atoms with Gasteiger partial charge in [0.25, 0.3) is 0 Å². The number of methoxy groups -OCH3 is 1. The Morgan fingerprint density at radius 1 is 1.33 bits per heavy atom. The molecule has 0 aromatic heterocycles. The number of benzene rings is 1. The first-order valence-electron chi connectivity index (χ1n) is 5.61. The maximum atomic E-state index is 12.1. The smallest absolute Gasteiger partial charge is 0.301 e. The second-order valence-electron chi connectivity index (χ2n) is 3.85. The third kappa shape index (κ3) is 3.12. The molecular formula is C11H16N2O4S. The molecule has 0 unspecified atom stereocenters. The topological polar surface area (TPSA) is 67.9 Å². The van der Waals surface area contributed by atoms with E-state index >= 15 is 0 Å². The van der Waals surface area contributed by atoms with Gasteiger partial charge in [-0.05, 0) is 12.1 Å². The number of hydrogen-bond donors (Lipinski definition) is 1. The molecule has 1 saturated heterocycles. The first kappa shape index (κ1) is 13.1. The minimum absolute atomic E-state index is 0.374. The molecule has 1 aromatic carbocycles. The Bertz CT molecular complexity index is 498. The van der Waals surface area contributed by atoms with Crippen molar-refractivity contribution in [2.75, 3.05) is 38.1 Å². The van der Waals surface area contributed by atoms with Crippen molar-refractivity contribution in [3.05, 3.63) is 24.3 Å². The first-order valence-corrected chi connectivity index (χ1v) is 7.05. The van der Waals surface area contributed by atoms with Gasteiger partial charge in [-0.3, -0.25) is 4.72 Å². The van der Waals surface area contributed by atoms with Crippen LogP contribution in [0.1, 0.15) is 0 Å². The van der Waals surface area contributed by atoms with Gasteiger partial charge in [0.1, 0.15) is 5.75 Å². The van der Waals surface area contributed by atoms with E-state index in [1.54, 1.807) is 24.3 Å². The Morgan fingerprint density at radius 3 is 2.72 bits per heavy atom. The molecule has 100 valence electrons. The van der Waals surface area contributed by atoms with Gasteiger partial charge in [-0.15, -0.1) is 0 Å². The van der Waals surface area contributed by atoms with Crippen LogP contribution < -0.4 is 9.46 Å². The van der Waals surface area contributed by atoms with Gasteiger partial charge >= 0.3 is 10.2 Å². The molecular weight excluding hydrogens is 256 g/mol. The van der Waals surface area contributed by atoms with Crippen molar-refractivity contribution in [1.29, 1.82) is 0 Å². The van der Waals surface area contributed by atoms with Crippen LogP contribution in [-0.4, -0.2) is 46.1 Å². The fourth-order valence-electron chi connectivity index (χ4n) is 1.69. The summed E-state index contributed by atoms with van der Waals surface area (Å²) in [5.41, 5.74) is 0.487. The van der Waals surface area contributed by atoms with Crippen LogP contribution in [0.4, 0.5) is 5.69 Å². The van der Waals surface area contributed by atoms with Crippen LogP contribution in [0, 0.1) is 0 Å². The zero-order valence-corrected chi connectivity index (χ0v) is 10.9. The first-order chi connectivity index (χ1) is 8.62. The molecule has 1 aliphatic heterocycles. The van der Waals surface area contributed by atoms with Crippen molar-refractivity contribution >= 4 is 15.9 Å². The number of anilines is 1. The number of hydrogen-bond acceptors (Lipinski definition) is 4. The average Bonchev–Trinajstić information content (AvgIpc) is 2.39. The van der Waals surface area contributed by atoms with Gasteiger partial charge in [-0.2, -0.15) is 12.7 Å². The quantitative estimate of drug-likeness (QED) is 0.875. The zero-order chi connectivity index (χ0) is 13.0. The Hall–Kier alpha value is -1.31. The van der Waals surface area contributed by atoms with E-state index in [1.807, 2.05) is 0 Å². The Labute approximate surface area is 107 Å². The Morgan fingerprint density at radius 2 is 2.06 bits per heavy atom. The van der Waals surface area contributed by atoms with Crippen LogP contribution in [-0.2, 0) is 14.9 Å². The highest BCUT2D eigenvalue weighted by atomic mass is 32.2. The monoisotopic (exact) mass is 272 g/mol. The second kappa shape index (κ2) is 5.55. The maximum absolute atomic E-state index is 12.1. The van der Waals surface area contributed by atoms with E-state index in [0.717, 1.165) is 0 Å². The summed E-state index contributed by atoms with van der Waals surface area (Å²) >= 11 is 0. The molecule has 1 fully saturated rings. The second-order valence-corrected chi connectivity index (χ2v) is 5.52.